The quantitative estimate of drug-likeness (QED) is 0.0186. The van der Waals surface area contributed by atoms with Gasteiger partial charge in [0.25, 0.3) is 9.05 Å². The van der Waals surface area contributed by atoms with Crippen LogP contribution in [0, 0.1) is 53.0 Å². The van der Waals surface area contributed by atoms with Crippen molar-refractivity contribution < 1.29 is 65.5 Å². The van der Waals surface area contributed by atoms with Gasteiger partial charge in [-0.1, -0.05) is 102 Å². The SMILES string of the molecule is CC(C)(C)NS(=O)(=O)c1ccc(C#C[Si](C)(C)C)cc1.CC(C)(C)NS(=O)(=O)c1ccc(C#C[Si](C)(C)C)cc1C=O.CC(C)(C)NS(=O)(=O)c1ccc(C#C[Si](C)(C)C)cc1CO.CC(C)(C)NS(=O)(=O)c1ccc(I)cc1.C[Si](C)(C)C#Cc1ccc(S(N)(=O)=O)c(CO)c1.O=S(=O)(Cl)c1ccc(I)cc1. The Labute approximate surface area is 682 Å². The number of nitrogens with one attached hydrogen (secondary N) is 4. The summed E-state index contributed by atoms with van der Waals surface area (Å²) in [5.41, 5.74) is 14.4. The zero-order chi connectivity index (χ0) is 84.1. The van der Waals surface area contributed by atoms with Gasteiger partial charge in [0.2, 0.25) is 50.1 Å². The Hall–Kier alpha value is -4.73. The van der Waals surface area contributed by atoms with E-state index in [-0.39, 0.29) is 48.8 Å². The number of aliphatic hydroxyl groups excluding tert-OH is 2. The number of benzene rings is 6. The second-order valence-corrected chi connectivity index (χ2v) is 64.9. The summed E-state index contributed by atoms with van der Waals surface area (Å²) in [7, 11) is -22.5. The van der Waals surface area contributed by atoms with Crippen molar-refractivity contribution in [2.75, 3.05) is 0 Å². The first-order valence-corrected chi connectivity index (χ1v) is 59.3. The van der Waals surface area contributed by atoms with Gasteiger partial charge in [-0.2, -0.15) is 0 Å². The minimum absolute atomic E-state index is 0.0176. The van der Waals surface area contributed by atoms with Crippen molar-refractivity contribution >= 4 is 154 Å². The summed E-state index contributed by atoms with van der Waals surface area (Å²) in [5.74, 6) is 12.2. The van der Waals surface area contributed by atoms with E-state index in [0.717, 1.165) is 18.3 Å². The number of halogens is 3. The molecule has 0 spiro atoms. The number of primary sulfonamides is 1. The fourth-order valence-electron chi connectivity index (χ4n) is 7.87. The Kier molecular flexibility index (Phi) is 38.3. The molecule has 8 N–H and O–H groups in total. The third kappa shape index (κ3) is 42.8. The van der Waals surface area contributed by atoms with Gasteiger partial charge in [-0.3, -0.25) is 4.79 Å². The van der Waals surface area contributed by atoms with E-state index in [9.17, 15) is 65.5 Å². The Balaban J connectivity index is 0.000000655. The average molecular weight is 1910 g/mol. The fourth-order valence-corrected chi connectivity index (χ4v) is 18.2. The van der Waals surface area contributed by atoms with Crippen LogP contribution in [0.1, 0.15) is 127 Å². The highest BCUT2D eigenvalue weighted by Gasteiger charge is 2.28. The number of nitrogens with two attached hydrogens (primary N) is 1. The van der Waals surface area contributed by atoms with E-state index in [1.807, 2.05) is 41.5 Å². The van der Waals surface area contributed by atoms with Crippen molar-refractivity contribution in [3.63, 3.8) is 0 Å². The number of aldehydes is 1. The highest BCUT2D eigenvalue weighted by molar-refractivity contribution is 14.1. The van der Waals surface area contributed by atoms with Crippen LogP contribution in [0.3, 0.4) is 0 Å². The van der Waals surface area contributed by atoms with E-state index in [1.54, 1.807) is 133 Å². The van der Waals surface area contributed by atoms with Gasteiger partial charge in [-0.15, -0.1) is 22.2 Å². The Morgan fingerprint density at radius 2 is 0.630 bits per heavy atom. The van der Waals surface area contributed by atoms with Crippen molar-refractivity contribution in [2.24, 2.45) is 5.14 Å². The molecule has 0 bridgehead atoms. The first-order chi connectivity index (χ1) is 48.4. The van der Waals surface area contributed by atoms with Gasteiger partial charge in [0.05, 0.1) is 42.6 Å². The van der Waals surface area contributed by atoms with Gasteiger partial charge in [-0.25, -0.2) is 74.5 Å². The molecule has 108 heavy (non-hydrogen) atoms. The Morgan fingerprint density at radius 3 is 0.917 bits per heavy atom. The molecule has 0 aliphatic rings. The topological polar surface area (TPSA) is 337 Å². The number of aliphatic hydroxyl groups is 2. The van der Waals surface area contributed by atoms with Crippen LogP contribution in [-0.4, -0.2) is 121 Å². The van der Waals surface area contributed by atoms with E-state index in [2.05, 4.69) is 188 Å². The Bertz CT molecular complexity index is 5100. The van der Waals surface area contributed by atoms with Crippen LogP contribution < -0.4 is 24.0 Å². The summed E-state index contributed by atoms with van der Waals surface area (Å²) >= 11 is 4.22. The summed E-state index contributed by atoms with van der Waals surface area (Å²) in [5, 5.41) is 23.7. The summed E-state index contributed by atoms with van der Waals surface area (Å²) < 4.78 is 154. The third-order valence-corrected chi connectivity index (χ3v) is 26.5. The summed E-state index contributed by atoms with van der Waals surface area (Å²) in [6, 6.07) is 33.8. The number of rotatable bonds is 13. The second-order valence-electron chi connectivity index (χ2n) is 32.7. The number of carbonyl (C=O) groups excluding carboxylic acids is 1. The third-order valence-electron chi connectivity index (χ3n) is 12.0. The minimum Gasteiger partial charge on any atom is -0.392 e. The molecule has 0 radical (unpaired) electrons. The molecular formula is C75H106ClI2N5O15S6Si4. The van der Waals surface area contributed by atoms with Gasteiger partial charge < -0.3 is 10.2 Å². The molecular weight excluding hydrogens is 1800 g/mol. The second kappa shape index (κ2) is 40.8. The molecule has 20 nitrogen and oxygen atoms in total. The molecule has 0 atom stereocenters. The molecule has 0 heterocycles. The lowest BCUT2D eigenvalue weighted by molar-refractivity contribution is 0.112. The summed E-state index contributed by atoms with van der Waals surface area (Å²) in [6.07, 6.45) is 0.553. The monoisotopic (exact) mass is 1910 g/mol. The molecule has 0 aliphatic heterocycles. The van der Waals surface area contributed by atoms with Crippen LogP contribution in [-0.2, 0) is 72.4 Å². The van der Waals surface area contributed by atoms with Gasteiger partial charge >= 0.3 is 0 Å². The zero-order valence-electron chi connectivity index (χ0n) is 66.0. The van der Waals surface area contributed by atoms with E-state index in [0.29, 0.717) is 27.9 Å². The predicted octanol–water partition coefficient (Wildman–Crippen LogP) is 13.9. The van der Waals surface area contributed by atoms with Crippen molar-refractivity contribution in [1.29, 1.82) is 0 Å². The largest absolute Gasteiger partial charge is 0.392 e. The van der Waals surface area contributed by atoms with Gasteiger partial charge in [0.15, 0.2) is 6.29 Å². The molecule has 0 aliphatic carbocycles. The minimum atomic E-state index is -3.81. The van der Waals surface area contributed by atoms with Crippen molar-refractivity contribution in [1.82, 2.24) is 18.9 Å². The molecule has 0 amide bonds. The predicted molar refractivity (Wildman–Crippen MR) is 467 cm³/mol. The van der Waals surface area contributed by atoms with Crippen molar-refractivity contribution in [3.05, 3.63) is 173 Å². The maximum absolute atomic E-state index is 12.4. The molecule has 0 fully saturated rings. The van der Waals surface area contributed by atoms with Gasteiger partial charge in [0.1, 0.15) is 32.3 Å². The fraction of sp³-hybridized carbons (Fsp3) is 0.400. The molecule has 0 saturated carbocycles. The Morgan fingerprint density at radius 1 is 0.380 bits per heavy atom. The smallest absolute Gasteiger partial charge is 0.261 e. The lowest BCUT2D eigenvalue weighted by Crippen LogP contribution is -2.40. The highest BCUT2D eigenvalue weighted by Crippen LogP contribution is 2.24. The molecule has 6 aromatic carbocycles. The molecule has 6 aromatic rings. The van der Waals surface area contributed by atoms with Crippen LogP contribution in [0.15, 0.2) is 157 Å². The summed E-state index contributed by atoms with van der Waals surface area (Å²) in [4.78, 5) is 12.0. The lowest BCUT2D eigenvalue weighted by Gasteiger charge is -2.21. The number of hydrogen-bond donors (Lipinski definition) is 7. The number of carbonyl (C=O) groups is 1. The molecule has 594 valence electrons. The highest BCUT2D eigenvalue weighted by atomic mass is 127. The number of hydrogen-bond acceptors (Lipinski definition) is 15. The molecule has 0 unspecified atom stereocenters. The van der Waals surface area contributed by atoms with Gasteiger partial charge in [0, 0.05) is 67.8 Å². The van der Waals surface area contributed by atoms with Crippen LogP contribution >= 0.6 is 55.9 Å². The first kappa shape index (κ1) is 101. The van der Waals surface area contributed by atoms with Crippen LogP contribution in [0.2, 0.25) is 78.6 Å². The normalized spacial score (nSPS) is 12.4. The van der Waals surface area contributed by atoms with Crippen molar-refractivity contribution in [2.45, 2.75) is 226 Å². The van der Waals surface area contributed by atoms with E-state index in [1.165, 1.54) is 36.4 Å². The maximum Gasteiger partial charge on any atom is 0.261 e. The van der Waals surface area contributed by atoms with Crippen LogP contribution in [0.5, 0.6) is 0 Å². The average Bonchev–Trinajstić information content (AvgIpc) is 0.876. The molecule has 0 aromatic heterocycles. The van der Waals surface area contributed by atoms with E-state index in [4.69, 9.17) is 15.8 Å². The van der Waals surface area contributed by atoms with Crippen molar-refractivity contribution in [3.8, 4) is 45.9 Å². The first-order valence-electron chi connectivity index (χ1n) is 33.4. The zero-order valence-corrected chi connectivity index (χ0v) is 79.9. The summed E-state index contributed by atoms with van der Waals surface area (Å²) in [6.45, 7) is 46.4. The molecule has 6 rings (SSSR count). The maximum atomic E-state index is 12.4. The molecule has 33 heteroatoms. The van der Waals surface area contributed by atoms with E-state index >= 15 is 0 Å². The van der Waals surface area contributed by atoms with E-state index < -0.39 is 114 Å². The van der Waals surface area contributed by atoms with Crippen LogP contribution in [0.4, 0.5) is 0 Å². The van der Waals surface area contributed by atoms with Gasteiger partial charge in [-0.05, 0) is 267 Å². The molecule has 0 saturated heterocycles. The van der Waals surface area contributed by atoms with Crippen LogP contribution in [0.25, 0.3) is 0 Å². The number of sulfonamides is 5. The standard InChI is InChI=1S/C16H25NO3SSi.C16H23NO3SSi.C15H23NO2SSi.C12H17NO3SSi.C10H14INO2S.C6H4ClIO2S/c2*1-16(2,3)17-21(19,20)15-8-7-13(11-14(15)12-18)9-10-22(4,5)6;1-15(2,3)16-19(17,18)14-9-7-13(8-10-14)11-12-20(4,5)6;1-18(2,3)7-6-10-4-5-12(17(13,15)16)11(8-10)9-14;1-10(2,3)12-15(13,14)9-6-4-8(11)5-7-9;7-11(9,10)6-3-1-5(8)2-4-6/h7-8,11,17-18H,12H2,1-6H3;7-8,11-12,17H,1-6H3;7-10,16H,1-6H3;4-5,8,14H,9H2,1-3H3,(H2,13,15,16);4-7,12H,1-3H3;1-4H. The lowest BCUT2D eigenvalue weighted by atomic mass is 10.1.